The number of aryl methyl sites for hydroxylation is 1. The Morgan fingerprint density at radius 2 is 1.78 bits per heavy atom. The zero-order valence-corrected chi connectivity index (χ0v) is 12.2. The van der Waals surface area contributed by atoms with Crippen molar-refractivity contribution in [3.05, 3.63) is 58.1 Å². The van der Waals surface area contributed by atoms with E-state index in [9.17, 15) is 0 Å². The van der Waals surface area contributed by atoms with Crippen LogP contribution in [0.5, 0.6) is 0 Å². The molecule has 2 aromatic carbocycles. The first-order chi connectivity index (χ1) is 8.56. The number of rotatable bonds is 3. The molecule has 0 aliphatic heterocycles. The summed E-state index contributed by atoms with van der Waals surface area (Å²) in [6.45, 7) is 4.15. The van der Waals surface area contributed by atoms with Crippen LogP contribution in [0.3, 0.4) is 0 Å². The van der Waals surface area contributed by atoms with E-state index in [-0.39, 0.29) is 6.04 Å². The molecule has 2 nitrogen and oxygen atoms in total. The van der Waals surface area contributed by atoms with E-state index in [4.69, 9.17) is 5.73 Å². The van der Waals surface area contributed by atoms with Crippen molar-refractivity contribution in [2.45, 2.75) is 19.9 Å². The molecule has 0 aliphatic rings. The van der Waals surface area contributed by atoms with E-state index in [0.717, 1.165) is 21.4 Å². The summed E-state index contributed by atoms with van der Waals surface area (Å²) in [5.74, 6) is 0. The predicted molar refractivity (Wildman–Crippen MR) is 81.8 cm³/mol. The first kappa shape index (κ1) is 13.0. The lowest BCUT2D eigenvalue weighted by Crippen LogP contribution is -2.06. The predicted octanol–water partition coefficient (Wildman–Crippen LogP) is 4.51. The van der Waals surface area contributed by atoms with Crippen LogP contribution >= 0.6 is 15.9 Å². The van der Waals surface area contributed by atoms with Crippen LogP contribution in [-0.4, -0.2) is 0 Å². The monoisotopic (exact) mass is 304 g/mol. The fraction of sp³-hybridized carbons (Fsp3) is 0.200. The van der Waals surface area contributed by atoms with E-state index in [1.807, 2.05) is 19.1 Å². The molecule has 2 rings (SSSR count). The summed E-state index contributed by atoms with van der Waals surface area (Å²) < 4.78 is 1.10. The molecule has 0 saturated heterocycles. The molecule has 94 valence electrons. The summed E-state index contributed by atoms with van der Waals surface area (Å²) in [6.07, 6.45) is 0. The molecule has 1 unspecified atom stereocenters. The highest BCUT2D eigenvalue weighted by Gasteiger charge is 2.05. The molecule has 0 saturated carbocycles. The summed E-state index contributed by atoms with van der Waals surface area (Å²) in [7, 11) is 0. The van der Waals surface area contributed by atoms with E-state index in [0.29, 0.717) is 0 Å². The van der Waals surface area contributed by atoms with E-state index in [1.165, 1.54) is 5.56 Å². The number of nitrogens with two attached hydrogens (primary N) is 1. The number of nitrogens with one attached hydrogen (secondary N) is 1. The topological polar surface area (TPSA) is 38.0 Å². The molecule has 2 aromatic rings. The molecule has 3 heteroatoms. The van der Waals surface area contributed by atoms with Gasteiger partial charge in [0.2, 0.25) is 0 Å². The Bertz CT molecular complexity index is 535. The Labute approximate surface area is 116 Å². The zero-order valence-electron chi connectivity index (χ0n) is 10.6. The SMILES string of the molecule is Cc1ccc(NC(C)c2ccc(Br)cc2)cc1N. The molecule has 3 N–H and O–H groups in total. The van der Waals surface area contributed by atoms with Gasteiger partial charge in [0, 0.05) is 21.9 Å². The smallest absolute Gasteiger partial charge is 0.0485 e. The standard InChI is InChI=1S/C15H17BrN2/c1-10-3-8-14(9-15(10)17)18-11(2)12-4-6-13(16)7-5-12/h3-9,11,18H,17H2,1-2H3. The lowest BCUT2D eigenvalue weighted by atomic mass is 10.1. The minimum absolute atomic E-state index is 0.250. The molecular weight excluding hydrogens is 288 g/mol. The molecular formula is C15H17BrN2. The second kappa shape index (κ2) is 5.44. The Morgan fingerprint density at radius 1 is 1.11 bits per heavy atom. The molecule has 1 atom stereocenters. The number of halogens is 1. The largest absolute Gasteiger partial charge is 0.398 e. The first-order valence-corrected chi connectivity index (χ1v) is 6.73. The van der Waals surface area contributed by atoms with Crippen LogP contribution in [0.2, 0.25) is 0 Å². The van der Waals surface area contributed by atoms with E-state index < -0.39 is 0 Å². The van der Waals surface area contributed by atoms with Crippen LogP contribution in [0, 0.1) is 6.92 Å². The van der Waals surface area contributed by atoms with Crippen LogP contribution in [0.4, 0.5) is 11.4 Å². The fourth-order valence-electron chi connectivity index (χ4n) is 1.82. The quantitative estimate of drug-likeness (QED) is 0.819. The van der Waals surface area contributed by atoms with Gasteiger partial charge in [0.05, 0.1) is 0 Å². The maximum Gasteiger partial charge on any atom is 0.0485 e. The number of anilines is 2. The van der Waals surface area contributed by atoms with Crippen molar-refractivity contribution >= 4 is 27.3 Å². The van der Waals surface area contributed by atoms with Gasteiger partial charge < -0.3 is 11.1 Å². The van der Waals surface area contributed by atoms with E-state index >= 15 is 0 Å². The average Bonchev–Trinajstić information content (AvgIpc) is 2.34. The van der Waals surface area contributed by atoms with Gasteiger partial charge in [0.1, 0.15) is 0 Å². The highest BCUT2D eigenvalue weighted by Crippen LogP contribution is 2.23. The molecule has 18 heavy (non-hydrogen) atoms. The third kappa shape index (κ3) is 3.05. The third-order valence-corrected chi connectivity index (χ3v) is 3.56. The Morgan fingerprint density at radius 3 is 2.39 bits per heavy atom. The van der Waals surface area contributed by atoms with E-state index in [1.54, 1.807) is 0 Å². The van der Waals surface area contributed by atoms with Gasteiger partial charge in [-0.25, -0.2) is 0 Å². The van der Waals surface area contributed by atoms with Gasteiger partial charge in [-0.1, -0.05) is 34.1 Å². The lowest BCUT2D eigenvalue weighted by molar-refractivity contribution is 0.884. The van der Waals surface area contributed by atoms with Crippen molar-refractivity contribution in [2.75, 3.05) is 11.1 Å². The van der Waals surface area contributed by atoms with E-state index in [2.05, 4.69) is 58.5 Å². The Kier molecular flexibility index (Phi) is 3.92. The minimum atomic E-state index is 0.250. The molecule has 0 aromatic heterocycles. The van der Waals surface area contributed by atoms with Crippen LogP contribution in [-0.2, 0) is 0 Å². The molecule has 0 heterocycles. The second-order valence-corrected chi connectivity index (χ2v) is 5.40. The second-order valence-electron chi connectivity index (χ2n) is 4.49. The van der Waals surface area contributed by atoms with Crippen molar-refractivity contribution in [1.82, 2.24) is 0 Å². The maximum absolute atomic E-state index is 5.91. The molecule has 0 fully saturated rings. The summed E-state index contributed by atoms with van der Waals surface area (Å²) in [6, 6.07) is 14.6. The van der Waals surface area contributed by atoms with Crippen molar-refractivity contribution in [3.8, 4) is 0 Å². The van der Waals surface area contributed by atoms with Crippen LogP contribution in [0.25, 0.3) is 0 Å². The number of nitrogen functional groups attached to an aromatic ring is 1. The average molecular weight is 305 g/mol. The number of benzene rings is 2. The summed E-state index contributed by atoms with van der Waals surface area (Å²) in [4.78, 5) is 0. The first-order valence-electron chi connectivity index (χ1n) is 5.94. The van der Waals surface area contributed by atoms with Crippen molar-refractivity contribution < 1.29 is 0 Å². The fourth-order valence-corrected chi connectivity index (χ4v) is 2.08. The van der Waals surface area contributed by atoms with Gasteiger partial charge in [-0.3, -0.25) is 0 Å². The summed E-state index contributed by atoms with van der Waals surface area (Å²) >= 11 is 3.44. The van der Waals surface area contributed by atoms with Crippen LogP contribution < -0.4 is 11.1 Å². The van der Waals surface area contributed by atoms with Crippen molar-refractivity contribution in [3.63, 3.8) is 0 Å². The molecule has 0 bridgehead atoms. The Hall–Kier alpha value is -1.48. The number of hydrogen-bond donors (Lipinski definition) is 2. The summed E-state index contributed by atoms with van der Waals surface area (Å²) in [5.41, 5.74) is 10.1. The van der Waals surface area contributed by atoms with Gasteiger partial charge in [-0.2, -0.15) is 0 Å². The lowest BCUT2D eigenvalue weighted by Gasteiger charge is -2.16. The zero-order chi connectivity index (χ0) is 13.1. The minimum Gasteiger partial charge on any atom is -0.398 e. The summed E-state index contributed by atoms with van der Waals surface area (Å²) in [5, 5.41) is 3.45. The molecule has 0 radical (unpaired) electrons. The van der Waals surface area contributed by atoms with Gasteiger partial charge in [0.25, 0.3) is 0 Å². The van der Waals surface area contributed by atoms with Crippen molar-refractivity contribution in [2.24, 2.45) is 0 Å². The Balaban J connectivity index is 2.13. The van der Waals surface area contributed by atoms with Gasteiger partial charge >= 0.3 is 0 Å². The maximum atomic E-state index is 5.91. The van der Waals surface area contributed by atoms with Gasteiger partial charge in [-0.15, -0.1) is 0 Å². The molecule has 0 spiro atoms. The normalized spacial score (nSPS) is 12.2. The highest BCUT2D eigenvalue weighted by atomic mass is 79.9. The van der Waals surface area contributed by atoms with Crippen LogP contribution in [0.15, 0.2) is 46.9 Å². The van der Waals surface area contributed by atoms with Gasteiger partial charge in [0.15, 0.2) is 0 Å². The van der Waals surface area contributed by atoms with Crippen molar-refractivity contribution in [1.29, 1.82) is 0 Å². The van der Waals surface area contributed by atoms with Crippen LogP contribution in [0.1, 0.15) is 24.1 Å². The molecule has 0 amide bonds. The van der Waals surface area contributed by atoms with Gasteiger partial charge in [-0.05, 0) is 49.2 Å². The molecule has 0 aliphatic carbocycles. The third-order valence-electron chi connectivity index (χ3n) is 3.03. The highest BCUT2D eigenvalue weighted by molar-refractivity contribution is 9.10. The number of hydrogen-bond acceptors (Lipinski definition) is 2.